The fraction of sp³-hybridized carbons (Fsp3) is 0.154. The number of hydrogen-bond acceptors (Lipinski definition) is 2. The summed E-state index contributed by atoms with van der Waals surface area (Å²) in [6, 6.07) is 12.6. The number of rotatable bonds is 2. The smallest absolute Gasteiger partial charge is 0.131 e. The number of aliphatic hydroxyl groups is 1. The predicted molar refractivity (Wildman–Crippen MR) is 69.4 cm³/mol. The molecular formula is C13H11Cl2NO. The van der Waals surface area contributed by atoms with Crippen LogP contribution in [0.1, 0.15) is 18.1 Å². The summed E-state index contributed by atoms with van der Waals surface area (Å²) < 4.78 is 0. The molecule has 0 saturated heterocycles. The minimum absolute atomic E-state index is 0.267. The minimum atomic E-state index is -1.14. The third-order valence-electron chi connectivity index (χ3n) is 2.66. The van der Waals surface area contributed by atoms with Crippen LogP contribution in [0, 0.1) is 0 Å². The summed E-state index contributed by atoms with van der Waals surface area (Å²) in [7, 11) is 0. The minimum Gasteiger partial charge on any atom is -0.381 e. The summed E-state index contributed by atoms with van der Waals surface area (Å²) in [5.41, 5.74) is 0.254. The molecule has 0 radical (unpaired) electrons. The Morgan fingerprint density at radius 3 is 2.06 bits per heavy atom. The molecule has 0 fully saturated rings. The van der Waals surface area contributed by atoms with E-state index in [1.807, 2.05) is 30.3 Å². The first-order valence-corrected chi connectivity index (χ1v) is 5.87. The quantitative estimate of drug-likeness (QED) is 0.843. The van der Waals surface area contributed by atoms with E-state index in [1.165, 1.54) is 0 Å². The number of pyridine rings is 1. The van der Waals surface area contributed by atoms with Gasteiger partial charge < -0.3 is 5.11 Å². The molecule has 0 amide bonds. The molecule has 0 aliphatic rings. The predicted octanol–water partition coefficient (Wildman–Crippen LogP) is 3.64. The second-order valence-corrected chi connectivity index (χ2v) is 4.71. The first kappa shape index (κ1) is 12.4. The van der Waals surface area contributed by atoms with Gasteiger partial charge in [0.05, 0.1) is 0 Å². The molecule has 0 bridgehead atoms. The van der Waals surface area contributed by atoms with Crippen LogP contribution >= 0.6 is 23.2 Å². The van der Waals surface area contributed by atoms with Crippen LogP contribution in [0.2, 0.25) is 10.3 Å². The van der Waals surface area contributed by atoms with Crippen LogP contribution in [0.4, 0.5) is 0 Å². The number of halogens is 2. The van der Waals surface area contributed by atoms with Gasteiger partial charge in [-0.05, 0) is 30.2 Å². The second kappa shape index (κ2) is 4.65. The Kier molecular flexibility index (Phi) is 3.38. The van der Waals surface area contributed by atoms with E-state index in [4.69, 9.17) is 23.2 Å². The van der Waals surface area contributed by atoms with Gasteiger partial charge in [-0.3, -0.25) is 0 Å². The molecule has 1 heterocycles. The Morgan fingerprint density at radius 1 is 1.00 bits per heavy atom. The monoisotopic (exact) mass is 267 g/mol. The lowest BCUT2D eigenvalue weighted by Crippen LogP contribution is -2.22. The SMILES string of the molecule is CC(O)(c1ccccc1)c1cc(Cl)nc(Cl)c1. The topological polar surface area (TPSA) is 33.1 Å². The molecule has 4 heteroatoms. The van der Waals surface area contributed by atoms with Gasteiger partial charge in [0.25, 0.3) is 0 Å². The molecule has 2 rings (SSSR count). The van der Waals surface area contributed by atoms with Crippen molar-refractivity contribution in [1.82, 2.24) is 4.98 Å². The molecule has 0 spiro atoms. The molecule has 88 valence electrons. The molecule has 0 saturated carbocycles. The normalized spacial score (nSPS) is 14.4. The maximum atomic E-state index is 10.6. The molecule has 17 heavy (non-hydrogen) atoms. The average Bonchev–Trinajstić information content (AvgIpc) is 2.29. The van der Waals surface area contributed by atoms with E-state index in [0.717, 1.165) is 5.56 Å². The fourth-order valence-corrected chi connectivity index (χ4v) is 2.14. The van der Waals surface area contributed by atoms with Crippen LogP contribution in [0.15, 0.2) is 42.5 Å². The van der Waals surface area contributed by atoms with Gasteiger partial charge in [0.2, 0.25) is 0 Å². The summed E-state index contributed by atoms with van der Waals surface area (Å²) in [6.45, 7) is 1.70. The number of hydrogen-bond donors (Lipinski definition) is 1. The van der Waals surface area contributed by atoms with Crippen molar-refractivity contribution in [2.75, 3.05) is 0 Å². The van der Waals surface area contributed by atoms with Gasteiger partial charge in [0, 0.05) is 0 Å². The Balaban J connectivity index is 2.51. The zero-order chi connectivity index (χ0) is 12.5. The number of benzene rings is 1. The molecule has 2 nitrogen and oxygen atoms in total. The highest BCUT2D eigenvalue weighted by atomic mass is 35.5. The van der Waals surface area contributed by atoms with Crippen molar-refractivity contribution in [1.29, 1.82) is 0 Å². The lowest BCUT2D eigenvalue weighted by molar-refractivity contribution is 0.102. The zero-order valence-electron chi connectivity index (χ0n) is 9.19. The van der Waals surface area contributed by atoms with Crippen molar-refractivity contribution in [3.8, 4) is 0 Å². The second-order valence-electron chi connectivity index (χ2n) is 3.94. The van der Waals surface area contributed by atoms with E-state index in [-0.39, 0.29) is 10.3 Å². The Bertz CT molecular complexity index is 506. The Hall–Kier alpha value is -1.09. The summed E-state index contributed by atoms with van der Waals surface area (Å²) >= 11 is 11.7. The maximum Gasteiger partial charge on any atom is 0.131 e. The first-order valence-electron chi connectivity index (χ1n) is 5.11. The largest absolute Gasteiger partial charge is 0.381 e. The fourth-order valence-electron chi connectivity index (χ4n) is 1.68. The Morgan fingerprint density at radius 2 is 1.53 bits per heavy atom. The van der Waals surface area contributed by atoms with Crippen LogP contribution in [0.3, 0.4) is 0 Å². The molecule has 1 unspecified atom stereocenters. The molecule has 1 aromatic heterocycles. The lowest BCUT2D eigenvalue weighted by Gasteiger charge is -2.24. The van der Waals surface area contributed by atoms with E-state index in [0.29, 0.717) is 5.56 Å². The van der Waals surface area contributed by atoms with Gasteiger partial charge in [-0.15, -0.1) is 0 Å². The van der Waals surface area contributed by atoms with Crippen molar-refractivity contribution in [2.45, 2.75) is 12.5 Å². The number of nitrogens with zero attached hydrogens (tertiary/aromatic N) is 1. The lowest BCUT2D eigenvalue weighted by atomic mass is 9.89. The van der Waals surface area contributed by atoms with Gasteiger partial charge >= 0.3 is 0 Å². The Labute approximate surface area is 110 Å². The summed E-state index contributed by atoms with van der Waals surface area (Å²) in [5, 5.41) is 11.1. The third-order valence-corrected chi connectivity index (χ3v) is 3.05. The van der Waals surface area contributed by atoms with Gasteiger partial charge in [-0.1, -0.05) is 53.5 Å². The summed E-state index contributed by atoms with van der Waals surface area (Å²) in [4.78, 5) is 3.86. The highest BCUT2D eigenvalue weighted by Gasteiger charge is 2.26. The van der Waals surface area contributed by atoms with Gasteiger partial charge in [-0.2, -0.15) is 0 Å². The van der Waals surface area contributed by atoms with Crippen LogP contribution in [0.25, 0.3) is 0 Å². The highest BCUT2D eigenvalue weighted by molar-refractivity contribution is 6.32. The van der Waals surface area contributed by atoms with Crippen molar-refractivity contribution in [3.05, 3.63) is 63.9 Å². The van der Waals surface area contributed by atoms with Crippen molar-refractivity contribution >= 4 is 23.2 Å². The molecule has 1 atom stereocenters. The molecule has 0 aliphatic carbocycles. The number of aromatic nitrogens is 1. The van der Waals surface area contributed by atoms with Crippen molar-refractivity contribution < 1.29 is 5.11 Å². The van der Waals surface area contributed by atoms with Crippen LogP contribution in [0.5, 0.6) is 0 Å². The molecule has 1 aromatic carbocycles. The zero-order valence-corrected chi connectivity index (χ0v) is 10.7. The standard InChI is InChI=1S/C13H11Cl2NO/c1-13(17,9-5-3-2-4-6-9)10-7-11(14)16-12(15)8-10/h2-8,17H,1H3. The average molecular weight is 268 g/mol. The van der Waals surface area contributed by atoms with E-state index in [2.05, 4.69) is 4.98 Å². The molecule has 0 aliphatic heterocycles. The van der Waals surface area contributed by atoms with Gasteiger partial charge in [0.1, 0.15) is 15.9 Å². The van der Waals surface area contributed by atoms with Crippen molar-refractivity contribution in [2.24, 2.45) is 0 Å². The van der Waals surface area contributed by atoms with Crippen LogP contribution in [-0.4, -0.2) is 10.1 Å². The van der Waals surface area contributed by atoms with Crippen LogP contribution in [-0.2, 0) is 5.60 Å². The van der Waals surface area contributed by atoms with Crippen molar-refractivity contribution in [3.63, 3.8) is 0 Å². The third kappa shape index (κ3) is 2.60. The van der Waals surface area contributed by atoms with E-state index in [9.17, 15) is 5.11 Å². The molecular weight excluding hydrogens is 257 g/mol. The molecule has 2 aromatic rings. The summed E-state index contributed by atoms with van der Waals surface area (Å²) in [5.74, 6) is 0. The highest BCUT2D eigenvalue weighted by Crippen LogP contribution is 2.31. The van der Waals surface area contributed by atoms with Crippen LogP contribution < -0.4 is 0 Å². The maximum absolute atomic E-state index is 10.6. The van der Waals surface area contributed by atoms with E-state index < -0.39 is 5.60 Å². The van der Waals surface area contributed by atoms with E-state index >= 15 is 0 Å². The van der Waals surface area contributed by atoms with Gasteiger partial charge in [-0.25, -0.2) is 4.98 Å². The molecule has 1 N–H and O–H groups in total. The summed E-state index contributed by atoms with van der Waals surface area (Å²) in [6.07, 6.45) is 0. The van der Waals surface area contributed by atoms with Gasteiger partial charge in [0.15, 0.2) is 0 Å². The van der Waals surface area contributed by atoms with E-state index in [1.54, 1.807) is 19.1 Å². The first-order chi connectivity index (χ1) is 8.00.